The van der Waals surface area contributed by atoms with E-state index >= 15 is 0 Å². The predicted molar refractivity (Wildman–Crippen MR) is 39.1 cm³/mol. The molecule has 0 aromatic carbocycles. The number of carbonyl (C=O) groups excluding carboxylic acids is 2. The molecule has 0 aliphatic carbocycles. The van der Waals surface area contributed by atoms with E-state index in [4.69, 9.17) is 5.73 Å². The lowest BCUT2D eigenvalue weighted by molar-refractivity contribution is -0.119. The first-order valence-corrected chi connectivity index (χ1v) is 3.25. The van der Waals surface area contributed by atoms with Gasteiger partial charge in [-0.3, -0.25) is 14.6 Å². The van der Waals surface area contributed by atoms with E-state index < -0.39 is 6.04 Å². The van der Waals surface area contributed by atoms with Gasteiger partial charge in [-0.2, -0.15) is 0 Å². The standard InChI is InChI=1S/C6H9N3O2/c1-3(7)5(11)6-8-2-4(10)9-6/h3H,2,7H2,1H3,(H,8,9,10)/t3-/m0/s1. The highest BCUT2D eigenvalue weighted by molar-refractivity contribution is 6.44. The van der Waals surface area contributed by atoms with Crippen LogP contribution in [0.1, 0.15) is 6.92 Å². The maximum atomic E-state index is 11.0. The van der Waals surface area contributed by atoms with Crippen molar-refractivity contribution in [1.29, 1.82) is 0 Å². The largest absolute Gasteiger partial charge is 0.321 e. The Morgan fingerprint density at radius 3 is 2.82 bits per heavy atom. The lowest BCUT2D eigenvalue weighted by Crippen LogP contribution is -2.40. The van der Waals surface area contributed by atoms with E-state index in [9.17, 15) is 9.59 Å². The average Bonchev–Trinajstić information content (AvgIpc) is 2.34. The Morgan fingerprint density at radius 2 is 2.45 bits per heavy atom. The zero-order valence-electron chi connectivity index (χ0n) is 6.13. The Labute approximate surface area is 63.7 Å². The number of aliphatic imine (C=N–C) groups is 1. The molecule has 0 saturated carbocycles. The topological polar surface area (TPSA) is 84.6 Å². The van der Waals surface area contributed by atoms with Crippen LogP contribution in [0.2, 0.25) is 0 Å². The smallest absolute Gasteiger partial charge is 0.247 e. The van der Waals surface area contributed by atoms with Gasteiger partial charge in [0.2, 0.25) is 11.7 Å². The third-order valence-corrected chi connectivity index (χ3v) is 1.29. The number of Topliss-reactive ketones (excluding diaryl/α,β-unsaturated/α-hetero) is 1. The van der Waals surface area contributed by atoms with Crippen LogP contribution in [0.4, 0.5) is 0 Å². The molecule has 1 aliphatic rings. The fourth-order valence-electron chi connectivity index (χ4n) is 0.717. The number of rotatable bonds is 2. The van der Waals surface area contributed by atoms with Crippen LogP contribution in [0, 0.1) is 0 Å². The summed E-state index contributed by atoms with van der Waals surface area (Å²) in [6, 6.07) is -0.604. The van der Waals surface area contributed by atoms with Crippen molar-refractivity contribution in [3.05, 3.63) is 0 Å². The Morgan fingerprint density at radius 1 is 1.82 bits per heavy atom. The maximum Gasteiger partial charge on any atom is 0.247 e. The molecule has 0 radical (unpaired) electrons. The molecule has 1 atom stereocenters. The molecule has 5 heteroatoms. The van der Waals surface area contributed by atoms with Gasteiger partial charge in [0.1, 0.15) is 6.54 Å². The van der Waals surface area contributed by atoms with Crippen LogP contribution in [0.15, 0.2) is 4.99 Å². The molecule has 0 saturated heterocycles. The van der Waals surface area contributed by atoms with Crippen molar-refractivity contribution in [1.82, 2.24) is 5.32 Å². The second-order valence-electron chi connectivity index (χ2n) is 2.37. The summed E-state index contributed by atoms with van der Waals surface area (Å²) in [5.41, 5.74) is 5.28. The van der Waals surface area contributed by atoms with Gasteiger partial charge < -0.3 is 11.1 Å². The number of nitrogens with two attached hydrogens (primary N) is 1. The Balaban J connectivity index is 2.63. The summed E-state index contributed by atoms with van der Waals surface area (Å²) in [7, 11) is 0. The van der Waals surface area contributed by atoms with Crippen LogP contribution in [-0.2, 0) is 9.59 Å². The van der Waals surface area contributed by atoms with Gasteiger partial charge in [-0.1, -0.05) is 0 Å². The number of nitrogens with one attached hydrogen (secondary N) is 1. The van der Waals surface area contributed by atoms with Crippen molar-refractivity contribution < 1.29 is 9.59 Å². The summed E-state index contributed by atoms with van der Waals surface area (Å²) in [5.74, 6) is -0.491. The summed E-state index contributed by atoms with van der Waals surface area (Å²) >= 11 is 0. The molecule has 1 amide bonds. The van der Waals surface area contributed by atoms with Crippen molar-refractivity contribution in [2.75, 3.05) is 6.54 Å². The van der Waals surface area contributed by atoms with Crippen molar-refractivity contribution >= 4 is 17.5 Å². The maximum absolute atomic E-state index is 11.0. The minimum absolute atomic E-state index is 0.0355. The van der Waals surface area contributed by atoms with E-state index in [1.807, 2.05) is 0 Å². The van der Waals surface area contributed by atoms with Crippen LogP contribution in [-0.4, -0.2) is 30.1 Å². The monoisotopic (exact) mass is 155 g/mol. The van der Waals surface area contributed by atoms with Crippen molar-refractivity contribution in [3.63, 3.8) is 0 Å². The van der Waals surface area contributed by atoms with Crippen molar-refractivity contribution in [2.24, 2.45) is 10.7 Å². The molecule has 0 unspecified atom stereocenters. The van der Waals surface area contributed by atoms with E-state index in [2.05, 4.69) is 10.3 Å². The second kappa shape index (κ2) is 2.79. The first-order chi connectivity index (χ1) is 5.11. The summed E-state index contributed by atoms with van der Waals surface area (Å²) in [4.78, 5) is 25.2. The lowest BCUT2D eigenvalue weighted by Gasteiger charge is -2.02. The molecule has 11 heavy (non-hydrogen) atoms. The average molecular weight is 155 g/mol. The summed E-state index contributed by atoms with van der Waals surface area (Å²) in [6.45, 7) is 1.59. The van der Waals surface area contributed by atoms with Gasteiger partial charge >= 0.3 is 0 Å². The third kappa shape index (κ3) is 1.62. The lowest BCUT2D eigenvalue weighted by atomic mass is 10.2. The van der Waals surface area contributed by atoms with Crippen LogP contribution < -0.4 is 11.1 Å². The zero-order valence-corrected chi connectivity index (χ0v) is 6.13. The highest BCUT2D eigenvalue weighted by Crippen LogP contribution is 1.91. The molecule has 1 rings (SSSR count). The highest BCUT2D eigenvalue weighted by atomic mass is 16.2. The first kappa shape index (κ1) is 7.87. The molecule has 60 valence electrons. The van der Waals surface area contributed by atoms with Gasteiger partial charge in [0.05, 0.1) is 6.04 Å². The quantitative estimate of drug-likeness (QED) is 0.505. The molecular formula is C6H9N3O2. The third-order valence-electron chi connectivity index (χ3n) is 1.29. The Bertz CT molecular complexity index is 232. The minimum atomic E-state index is -0.604. The number of hydrogen-bond acceptors (Lipinski definition) is 4. The predicted octanol–water partition coefficient (Wildman–Crippen LogP) is -1.57. The molecule has 0 aromatic rings. The fourth-order valence-corrected chi connectivity index (χ4v) is 0.717. The molecule has 1 aliphatic heterocycles. The highest BCUT2D eigenvalue weighted by Gasteiger charge is 2.22. The summed E-state index contributed by atoms with van der Waals surface area (Å²) < 4.78 is 0. The van der Waals surface area contributed by atoms with Gasteiger partial charge in [-0.15, -0.1) is 0 Å². The number of amides is 1. The molecule has 0 spiro atoms. The molecule has 0 aromatic heterocycles. The number of nitrogens with zero attached hydrogens (tertiary/aromatic N) is 1. The summed E-state index contributed by atoms with van der Waals surface area (Å²) in [5, 5.41) is 2.32. The molecule has 1 heterocycles. The van der Waals surface area contributed by atoms with Crippen LogP contribution in [0.3, 0.4) is 0 Å². The van der Waals surface area contributed by atoms with Crippen LogP contribution in [0.5, 0.6) is 0 Å². The number of amidine groups is 1. The molecule has 0 fully saturated rings. The van der Waals surface area contributed by atoms with Gasteiger partial charge in [0.25, 0.3) is 0 Å². The van der Waals surface area contributed by atoms with Crippen molar-refractivity contribution in [2.45, 2.75) is 13.0 Å². The normalized spacial score (nSPS) is 19.1. The molecule has 0 bridgehead atoms. The Kier molecular flexibility index (Phi) is 2.00. The zero-order chi connectivity index (χ0) is 8.43. The van der Waals surface area contributed by atoms with E-state index in [1.54, 1.807) is 6.92 Å². The number of ketones is 1. The molecular weight excluding hydrogens is 146 g/mol. The van der Waals surface area contributed by atoms with Crippen LogP contribution in [0.25, 0.3) is 0 Å². The summed E-state index contributed by atoms with van der Waals surface area (Å²) in [6.07, 6.45) is 0. The van der Waals surface area contributed by atoms with Crippen LogP contribution >= 0.6 is 0 Å². The van der Waals surface area contributed by atoms with Gasteiger partial charge in [0.15, 0.2) is 5.84 Å². The second-order valence-corrected chi connectivity index (χ2v) is 2.37. The number of carbonyl (C=O) groups is 2. The van der Waals surface area contributed by atoms with E-state index in [0.29, 0.717) is 0 Å². The SMILES string of the molecule is C[C@H](N)C(=O)C1=NCC(=O)N1. The minimum Gasteiger partial charge on any atom is -0.321 e. The fraction of sp³-hybridized carbons (Fsp3) is 0.500. The first-order valence-electron chi connectivity index (χ1n) is 3.25. The van der Waals surface area contributed by atoms with Crippen molar-refractivity contribution in [3.8, 4) is 0 Å². The van der Waals surface area contributed by atoms with E-state index in [-0.39, 0.29) is 24.1 Å². The van der Waals surface area contributed by atoms with Gasteiger partial charge in [-0.25, -0.2) is 0 Å². The number of hydrogen-bond donors (Lipinski definition) is 2. The molecule has 3 N–H and O–H groups in total. The Hall–Kier alpha value is -1.23. The van der Waals surface area contributed by atoms with Gasteiger partial charge in [-0.05, 0) is 6.92 Å². The van der Waals surface area contributed by atoms with E-state index in [1.165, 1.54) is 0 Å². The van der Waals surface area contributed by atoms with Gasteiger partial charge in [0, 0.05) is 0 Å². The molecule has 5 nitrogen and oxygen atoms in total. The van der Waals surface area contributed by atoms with E-state index in [0.717, 1.165) is 0 Å².